The number of benzene rings is 1. The van der Waals surface area contributed by atoms with Gasteiger partial charge in [-0.2, -0.15) is 4.37 Å². The summed E-state index contributed by atoms with van der Waals surface area (Å²) >= 11 is 1.44. The first-order chi connectivity index (χ1) is 6.27. The third-order valence-electron chi connectivity index (χ3n) is 1.94. The van der Waals surface area contributed by atoms with E-state index in [2.05, 4.69) is 23.4 Å². The number of hydrogen-bond acceptors (Lipinski definition) is 3. The summed E-state index contributed by atoms with van der Waals surface area (Å²) in [6, 6.07) is 10.1. The second-order valence-corrected chi connectivity index (χ2v) is 3.74. The van der Waals surface area contributed by atoms with E-state index in [1.54, 1.807) is 0 Å². The molecular weight excluding hydrogens is 180 g/mol. The largest absolute Gasteiger partial charge is 0.383 e. The average Bonchev–Trinajstić information content (AvgIpc) is 2.53. The van der Waals surface area contributed by atoms with Crippen LogP contribution in [-0.4, -0.2) is 4.37 Å². The van der Waals surface area contributed by atoms with Gasteiger partial charge in [0.05, 0.1) is 4.88 Å². The zero-order chi connectivity index (χ0) is 9.26. The van der Waals surface area contributed by atoms with Gasteiger partial charge < -0.3 is 5.73 Å². The van der Waals surface area contributed by atoms with Gasteiger partial charge in [0.2, 0.25) is 0 Å². The van der Waals surface area contributed by atoms with Crippen LogP contribution in [0.5, 0.6) is 0 Å². The number of aryl methyl sites for hydroxylation is 1. The third kappa shape index (κ3) is 1.55. The maximum absolute atomic E-state index is 5.57. The Morgan fingerprint density at radius 3 is 2.69 bits per heavy atom. The number of nitrogens with two attached hydrogens (primary N) is 1. The van der Waals surface area contributed by atoms with Crippen molar-refractivity contribution in [1.82, 2.24) is 4.37 Å². The molecule has 1 aromatic heterocycles. The van der Waals surface area contributed by atoms with Gasteiger partial charge in [-0.3, -0.25) is 0 Å². The zero-order valence-corrected chi connectivity index (χ0v) is 8.14. The molecule has 0 aliphatic carbocycles. The smallest absolute Gasteiger partial charge is 0.137 e. The summed E-state index contributed by atoms with van der Waals surface area (Å²) in [4.78, 5) is 1.13. The first-order valence-electron chi connectivity index (χ1n) is 4.05. The number of anilines is 1. The van der Waals surface area contributed by atoms with Crippen LogP contribution in [0.2, 0.25) is 0 Å². The van der Waals surface area contributed by atoms with Crippen LogP contribution in [-0.2, 0) is 0 Å². The molecule has 13 heavy (non-hydrogen) atoms. The highest BCUT2D eigenvalue weighted by molar-refractivity contribution is 7.09. The Labute approximate surface area is 81.2 Å². The van der Waals surface area contributed by atoms with E-state index in [9.17, 15) is 0 Å². The van der Waals surface area contributed by atoms with Crippen LogP contribution in [0.25, 0.3) is 10.4 Å². The molecule has 0 bridgehead atoms. The van der Waals surface area contributed by atoms with Crippen LogP contribution < -0.4 is 5.73 Å². The van der Waals surface area contributed by atoms with Gasteiger partial charge in [-0.1, -0.05) is 24.3 Å². The van der Waals surface area contributed by atoms with Crippen molar-refractivity contribution in [1.29, 1.82) is 0 Å². The Hall–Kier alpha value is -1.35. The van der Waals surface area contributed by atoms with Gasteiger partial charge in [0.25, 0.3) is 0 Å². The lowest BCUT2D eigenvalue weighted by Crippen LogP contribution is -1.80. The number of nitrogens with zero attached hydrogens (tertiary/aromatic N) is 1. The maximum Gasteiger partial charge on any atom is 0.137 e. The molecule has 2 rings (SSSR count). The molecule has 1 aromatic carbocycles. The van der Waals surface area contributed by atoms with Crippen LogP contribution in [0.3, 0.4) is 0 Å². The van der Waals surface area contributed by atoms with Crippen molar-refractivity contribution < 1.29 is 0 Å². The zero-order valence-electron chi connectivity index (χ0n) is 7.32. The number of rotatable bonds is 1. The molecule has 0 aliphatic heterocycles. The molecule has 1 heterocycles. The number of aromatic nitrogens is 1. The normalized spacial score (nSPS) is 10.2. The second kappa shape index (κ2) is 3.18. The van der Waals surface area contributed by atoms with Gasteiger partial charge in [0, 0.05) is 6.07 Å². The fourth-order valence-electron chi connectivity index (χ4n) is 1.27. The van der Waals surface area contributed by atoms with Crippen molar-refractivity contribution in [2.24, 2.45) is 0 Å². The van der Waals surface area contributed by atoms with Crippen molar-refractivity contribution in [3.8, 4) is 10.4 Å². The Morgan fingerprint density at radius 2 is 2.08 bits per heavy atom. The van der Waals surface area contributed by atoms with Gasteiger partial charge in [0.1, 0.15) is 5.82 Å². The van der Waals surface area contributed by atoms with E-state index in [0.29, 0.717) is 5.82 Å². The van der Waals surface area contributed by atoms with Gasteiger partial charge in [-0.15, -0.1) is 0 Å². The highest BCUT2D eigenvalue weighted by Crippen LogP contribution is 2.27. The maximum atomic E-state index is 5.57. The van der Waals surface area contributed by atoms with E-state index >= 15 is 0 Å². The summed E-state index contributed by atoms with van der Waals surface area (Å²) in [5.74, 6) is 0.600. The minimum Gasteiger partial charge on any atom is -0.383 e. The predicted octanol–water partition coefficient (Wildman–Crippen LogP) is 2.70. The van der Waals surface area contributed by atoms with Crippen molar-refractivity contribution in [2.75, 3.05) is 5.73 Å². The Balaban J connectivity index is 2.52. The van der Waals surface area contributed by atoms with Gasteiger partial charge in [-0.05, 0) is 29.6 Å². The molecule has 2 aromatic rings. The molecule has 0 aliphatic rings. The van der Waals surface area contributed by atoms with Gasteiger partial charge in [0.15, 0.2) is 0 Å². The van der Waals surface area contributed by atoms with Gasteiger partial charge in [-0.25, -0.2) is 0 Å². The molecule has 2 N–H and O–H groups in total. The van der Waals surface area contributed by atoms with Crippen LogP contribution >= 0.6 is 11.5 Å². The van der Waals surface area contributed by atoms with Crippen molar-refractivity contribution >= 4 is 17.4 Å². The average molecular weight is 190 g/mol. The van der Waals surface area contributed by atoms with E-state index in [0.717, 1.165) is 4.88 Å². The molecule has 3 heteroatoms. The van der Waals surface area contributed by atoms with Crippen LogP contribution in [0, 0.1) is 6.92 Å². The van der Waals surface area contributed by atoms with Crippen molar-refractivity contribution in [3.63, 3.8) is 0 Å². The topological polar surface area (TPSA) is 38.9 Å². The lowest BCUT2D eigenvalue weighted by molar-refractivity contribution is 1.48. The molecule has 66 valence electrons. The molecular formula is C10H10N2S. The second-order valence-electron chi connectivity index (χ2n) is 2.93. The highest BCUT2D eigenvalue weighted by Gasteiger charge is 2.03. The molecule has 0 fully saturated rings. The Morgan fingerprint density at radius 1 is 1.31 bits per heavy atom. The van der Waals surface area contributed by atoms with Gasteiger partial charge >= 0.3 is 0 Å². The number of hydrogen-bond donors (Lipinski definition) is 1. The van der Waals surface area contributed by atoms with E-state index in [1.165, 1.54) is 22.7 Å². The number of nitrogen functional groups attached to an aromatic ring is 1. The van der Waals surface area contributed by atoms with E-state index in [-0.39, 0.29) is 0 Å². The Bertz CT molecular complexity index is 420. The monoisotopic (exact) mass is 190 g/mol. The summed E-state index contributed by atoms with van der Waals surface area (Å²) < 4.78 is 4.05. The third-order valence-corrected chi connectivity index (χ3v) is 2.78. The standard InChI is InChI=1S/C10H10N2S/c1-7-4-2-3-5-8(7)9-6-10(11)12-13-9/h2-6H,1H3,(H2,11,12). The predicted molar refractivity (Wildman–Crippen MR) is 56.7 cm³/mol. The Kier molecular flexibility index (Phi) is 2.02. The van der Waals surface area contributed by atoms with Crippen LogP contribution in [0.15, 0.2) is 30.3 Å². The van der Waals surface area contributed by atoms with Crippen molar-refractivity contribution in [2.45, 2.75) is 6.92 Å². The lowest BCUT2D eigenvalue weighted by Gasteiger charge is -1.99. The summed E-state index contributed by atoms with van der Waals surface area (Å²) in [5.41, 5.74) is 8.04. The summed E-state index contributed by atoms with van der Waals surface area (Å²) in [6.07, 6.45) is 0. The van der Waals surface area contributed by atoms with E-state index in [4.69, 9.17) is 5.73 Å². The molecule has 0 spiro atoms. The summed E-state index contributed by atoms with van der Waals surface area (Å²) in [6.45, 7) is 2.09. The minimum atomic E-state index is 0.600. The van der Waals surface area contributed by atoms with Crippen molar-refractivity contribution in [3.05, 3.63) is 35.9 Å². The van der Waals surface area contributed by atoms with E-state index in [1.807, 2.05) is 18.2 Å². The highest BCUT2D eigenvalue weighted by atomic mass is 32.1. The molecule has 0 radical (unpaired) electrons. The minimum absolute atomic E-state index is 0.600. The molecule has 0 amide bonds. The lowest BCUT2D eigenvalue weighted by atomic mass is 10.1. The molecule has 2 nitrogen and oxygen atoms in total. The fraction of sp³-hybridized carbons (Fsp3) is 0.100. The first kappa shape index (κ1) is 8.26. The first-order valence-corrected chi connectivity index (χ1v) is 4.83. The molecule has 0 unspecified atom stereocenters. The van der Waals surface area contributed by atoms with E-state index < -0.39 is 0 Å². The summed E-state index contributed by atoms with van der Waals surface area (Å²) in [5, 5.41) is 0. The van der Waals surface area contributed by atoms with Crippen LogP contribution in [0.1, 0.15) is 5.56 Å². The SMILES string of the molecule is Cc1ccccc1-c1cc(N)ns1. The quantitative estimate of drug-likeness (QED) is 0.751. The molecule has 0 atom stereocenters. The summed E-state index contributed by atoms with van der Waals surface area (Å²) in [7, 11) is 0. The molecule has 0 saturated heterocycles. The van der Waals surface area contributed by atoms with Crippen LogP contribution in [0.4, 0.5) is 5.82 Å². The fourth-order valence-corrected chi connectivity index (χ4v) is 2.02. The molecule has 0 saturated carbocycles.